The molecule has 0 saturated carbocycles. The Morgan fingerprint density at radius 2 is 1.72 bits per heavy atom. The zero-order valence-electron chi connectivity index (χ0n) is 13.9. The van der Waals surface area contributed by atoms with E-state index in [-0.39, 0.29) is 5.56 Å². The number of rotatable bonds is 3. The van der Waals surface area contributed by atoms with E-state index in [1.165, 1.54) is 4.68 Å². The molecular weight excluding hydrogens is 314 g/mol. The van der Waals surface area contributed by atoms with Gasteiger partial charge in [0.05, 0.1) is 11.1 Å². The van der Waals surface area contributed by atoms with E-state index in [2.05, 4.69) is 20.6 Å². The maximum absolute atomic E-state index is 12.9. The van der Waals surface area contributed by atoms with Crippen molar-refractivity contribution in [2.24, 2.45) is 0 Å². The molecule has 0 aliphatic carbocycles. The van der Waals surface area contributed by atoms with E-state index in [1.807, 2.05) is 68.4 Å². The third kappa shape index (κ3) is 2.67. The Bertz CT molecular complexity index is 1130. The van der Waals surface area contributed by atoms with Crippen LogP contribution in [0, 0.1) is 13.8 Å². The lowest BCUT2D eigenvalue weighted by Gasteiger charge is -2.13. The molecule has 124 valence electrons. The van der Waals surface area contributed by atoms with Crippen molar-refractivity contribution in [2.45, 2.75) is 13.8 Å². The molecule has 0 spiro atoms. The number of hydrogen-bond acceptors (Lipinski definition) is 4. The van der Waals surface area contributed by atoms with Gasteiger partial charge in [0.2, 0.25) is 0 Å². The lowest BCUT2D eigenvalue weighted by Crippen LogP contribution is -2.23. The lowest BCUT2D eigenvalue weighted by atomic mass is 10.1. The number of fused-ring (bicyclic) bond motifs is 1. The van der Waals surface area contributed by atoms with Gasteiger partial charge in [0, 0.05) is 17.1 Å². The Hall–Kier alpha value is -3.41. The second kappa shape index (κ2) is 5.90. The zero-order chi connectivity index (χ0) is 17.4. The van der Waals surface area contributed by atoms with E-state index in [1.54, 1.807) is 0 Å². The smallest absolute Gasteiger partial charge is 0.279 e. The summed E-state index contributed by atoms with van der Waals surface area (Å²) in [5.41, 5.74) is 2.54. The molecule has 0 saturated heterocycles. The Balaban J connectivity index is 1.97. The van der Waals surface area contributed by atoms with Crippen LogP contribution in [0.5, 0.6) is 0 Å². The number of H-pyrrole nitrogens is 1. The molecular formula is C19H17N5O. The number of nitrogens with one attached hydrogen (secondary N) is 2. The number of para-hydroxylation sites is 1. The second-order valence-electron chi connectivity index (χ2n) is 5.96. The first kappa shape index (κ1) is 15.1. The summed E-state index contributed by atoms with van der Waals surface area (Å²) in [5, 5.41) is 16.2. The predicted octanol–water partition coefficient (Wildman–Crippen LogP) is 3.47. The van der Waals surface area contributed by atoms with Crippen LogP contribution in [0.3, 0.4) is 0 Å². The first-order valence-corrected chi connectivity index (χ1v) is 8.00. The van der Waals surface area contributed by atoms with Gasteiger partial charge in [-0.15, -0.1) is 5.10 Å². The van der Waals surface area contributed by atoms with Gasteiger partial charge in [-0.05, 0) is 31.5 Å². The molecule has 6 heteroatoms. The monoisotopic (exact) mass is 331 g/mol. The Morgan fingerprint density at radius 1 is 1.00 bits per heavy atom. The minimum absolute atomic E-state index is 0.145. The Morgan fingerprint density at radius 3 is 2.44 bits per heavy atom. The van der Waals surface area contributed by atoms with Crippen LogP contribution < -0.4 is 10.9 Å². The molecule has 0 unspecified atom stereocenters. The average molecular weight is 331 g/mol. The summed E-state index contributed by atoms with van der Waals surface area (Å²) in [6, 6.07) is 17.0. The normalized spacial score (nSPS) is 11.0. The molecule has 25 heavy (non-hydrogen) atoms. The van der Waals surface area contributed by atoms with E-state index in [0.29, 0.717) is 17.0 Å². The second-order valence-corrected chi connectivity index (χ2v) is 5.96. The molecule has 0 fully saturated rings. The standard InChI is InChI=1S/C19H17N5O/c1-12-7-3-6-10-16(12)24-19(25)15-9-5-4-8-14(15)18(23-24)20-17-11-13(2)21-22-17/h3-11H,1-2H3,(H2,20,21,22,23). The highest BCUT2D eigenvalue weighted by Crippen LogP contribution is 2.23. The van der Waals surface area contributed by atoms with E-state index in [0.717, 1.165) is 22.3 Å². The fourth-order valence-corrected chi connectivity index (χ4v) is 2.85. The number of aromatic amines is 1. The molecule has 2 N–H and O–H groups in total. The number of hydrogen-bond donors (Lipinski definition) is 2. The van der Waals surface area contributed by atoms with Gasteiger partial charge in [0.15, 0.2) is 11.6 Å². The third-order valence-electron chi connectivity index (χ3n) is 4.10. The van der Waals surface area contributed by atoms with E-state index < -0.39 is 0 Å². The molecule has 2 aromatic heterocycles. The van der Waals surface area contributed by atoms with E-state index >= 15 is 0 Å². The molecule has 0 aliphatic rings. The fourth-order valence-electron chi connectivity index (χ4n) is 2.85. The largest absolute Gasteiger partial charge is 0.321 e. The fraction of sp³-hybridized carbons (Fsp3) is 0.105. The summed E-state index contributed by atoms with van der Waals surface area (Å²) in [7, 11) is 0. The van der Waals surface area contributed by atoms with Crippen molar-refractivity contribution in [3.8, 4) is 5.69 Å². The minimum atomic E-state index is -0.145. The molecule has 4 aromatic rings. The van der Waals surface area contributed by atoms with Crippen LogP contribution in [-0.4, -0.2) is 20.0 Å². The number of nitrogens with zero attached hydrogens (tertiary/aromatic N) is 3. The van der Waals surface area contributed by atoms with Crippen molar-refractivity contribution in [2.75, 3.05) is 5.32 Å². The number of aryl methyl sites for hydroxylation is 2. The van der Waals surface area contributed by atoms with Crippen molar-refractivity contribution in [3.63, 3.8) is 0 Å². The van der Waals surface area contributed by atoms with Crippen LogP contribution in [0.15, 0.2) is 59.4 Å². The summed E-state index contributed by atoms with van der Waals surface area (Å²) in [4.78, 5) is 12.9. The van der Waals surface area contributed by atoms with Crippen LogP contribution >= 0.6 is 0 Å². The third-order valence-corrected chi connectivity index (χ3v) is 4.10. The molecule has 0 amide bonds. The minimum Gasteiger partial charge on any atom is -0.321 e. The van der Waals surface area contributed by atoms with Crippen molar-refractivity contribution >= 4 is 22.4 Å². The van der Waals surface area contributed by atoms with E-state index in [9.17, 15) is 4.79 Å². The number of anilines is 2. The summed E-state index contributed by atoms with van der Waals surface area (Å²) in [5.74, 6) is 1.25. The van der Waals surface area contributed by atoms with Crippen molar-refractivity contribution in [1.29, 1.82) is 0 Å². The summed E-state index contributed by atoms with van der Waals surface area (Å²) in [6.45, 7) is 3.89. The van der Waals surface area contributed by atoms with Crippen LogP contribution in [0.1, 0.15) is 11.3 Å². The number of benzene rings is 2. The predicted molar refractivity (Wildman–Crippen MR) is 98.7 cm³/mol. The van der Waals surface area contributed by atoms with Gasteiger partial charge in [0.1, 0.15) is 0 Å². The van der Waals surface area contributed by atoms with Gasteiger partial charge < -0.3 is 5.32 Å². The first-order valence-electron chi connectivity index (χ1n) is 8.00. The van der Waals surface area contributed by atoms with Crippen LogP contribution in [-0.2, 0) is 0 Å². The van der Waals surface area contributed by atoms with Crippen LogP contribution in [0.4, 0.5) is 11.6 Å². The highest BCUT2D eigenvalue weighted by atomic mass is 16.1. The van der Waals surface area contributed by atoms with Gasteiger partial charge in [-0.2, -0.15) is 9.78 Å². The average Bonchev–Trinajstić information content (AvgIpc) is 3.03. The molecule has 0 aliphatic heterocycles. The number of aromatic nitrogens is 4. The lowest BCUT2D eigenvalue weighted by molar-refractivity contribution is 0.820. The molecule has 2 aromatic carbocycles. The van der Waals surface area contributed by atoms with Gasteiger partial charge in [-0.1, -0.05) is 36.4 Å². The van der Waals surface area contributed by atoms with Crippen molar-refractivity contribution in [3.05, 3.63) is 76.2 Å². The maximum atomic E-state index is 12.9. The SMILES string of the molecule is Cc1cc(Nc2nn(-c3ccccc3C)c(=O)c3ccccc23)n[nH]1. The highest BCUT2D eigenvalue weighted by molar-refractivity contribution is 5.92. The maximum Gasteiger partial charge on any atom is 0.279 e. The van der Waals surface area contributed by atoms with Crippen molar-refractivity contribution < 1.29 is 0 Å². The van der Waals surface area contributed by atoms with E-state index in [4.69, 9.17) is 0 Å². The van der Waals surface area contributed by atoms with Crippen LogP contribution in [0.25, 0.3) is 16.5 Å². The van der Waals surface area contributed by atoms with Gasteiger partial charge >= 0.3 is 0 Å². The molecule has 6 nitrogen and oxygen atoms in total. The Labute approximate surface area is 144 Å². The molecule has 0 bridgehead atoms. The van der Waals surface area contributed by atoms with Crippen molar-refractivity contribution in [1.82, 2.24) is 20.0 Å². The summed E-state index contributed by atoms with van der Waals surface area (Å²) in [6.07, 6.45) is 0. The van der Waals surface area contributed by atoms with Gasteiger partial charge in [-0.25, -0.2) is 0 Å². The molecule has 0 radical (unpaired) electrons. The molecule has 4 rings (SSSR count). The zero-order valence-corrected chi connectivity index (χ0v) is 13.9. The highest BCUT2D eigenvalue weighted by Gasteiger charge is 2.13. The molecule has 2 heterocycles. The van der Waals surface area contributed by atoms with Gasteiger partial charge in [0.25, 0.3) is 5.56 Å². The van der Waals surface area contributed by atoms with Gasteiger partial charge in [-0.3, -0.25) is 9.89 Å². The van der Waals surface area contributed by atoms with Crippen LogP contribution in [0.2, 0.25) is 0 Å². The summed E-state index contributed by atoms with van der Waals surface area (Å²) < 4.78 is 1.44. The first-order chi connectivity index (χ1) is 12.1. The Kier molecular flexibility index (Phi) is 3.57. The quantitative estimate of drug-likeness (QED) is 0.603. The topological polar surface area (TPSA) is 75.6 Å². The molecule has 0 atom stereocenters. The summed E-state index contributed by atoms with van der Waals surface area (Å²) >= 11 is 0.